The molecule has 0 bridgehead atoms. The first kappa shape index (κ1) is 15.4. The van der Waals surface area contributed by atoms with E-state index in [1.54, 1.807) is 13.0 Å². The highest BCUT2D eigenvalue weighted by atomic mass is 19.1. The molecular formula is C16H25FN2O. The number of hydrogen-bond acceptors (Lipinski definition) is 3. The normalized spacial score (nSPS) is 18.1. The first-order valence-corrected chi connectivity index (χ1v) is 7.46. The van der Waals surface area contributed by atoms with E-state index in [4.69, 9.17) is 4.74 Å². The summed E-state index contributed by atoms with van der Waals surface area (Å²) in [4.78, 5) is 2.43. The topological polar surface area (TPSA) is 24.5 Å². The van der Waals surface area contributed by atoms with E-state index in [2.05, 4.69) is 17.1 Å². The van der Waals surface area contributed by atoms with Gasteiger partial charge in [0, 0.05) is 19.1 Å². The number of nitrogens with zero attached hydrogens (tertiary/aromatic N) is 1. The second kappa shape index (κ2) is 7.72. The molecule has 4 heteroatoms. The van der Waals surface area contributed by atoms with Crippen LogP contribution in [0.15, 0.2) is 18.2 Å². The van der Waals surface area contributed by atoms with Crippen molar-refractivity contribution in [3.05, 3.63) is 35.1 Å². The van der Waals surface area contributed by atoms with Crippen molar-refractivity contribution in [1.82, 2.24) is 10.2 Å². The highest BCUT2D eigenvalue weighted by molar-refractivity contribution is 5.25. The van der Waals surface area contributed by atoms with Gasteiger partial charge in [0.05, 0.1) is 13.2 Å². The Balaban J connectivity index is 1.69. The maximum absolute atomic E-state index is 13.5. The van der Waals surface area contributed by atoms with Gasteiger partial charge in [-0.15, -0.1) is 0 Å². The standard InChI is InChI=1S/C16H25FN2O/c1-13-4-5-15(12-16(13)17)14(2)18-6-3-7-19-8-10-20-11-9-19/h4-5,12,14,18H,3,6-11H2,1-2H3. The van der Waals surface area contributed by atoms with Crippen molar-refractivity contribution in [1.29, 1.82) is 0 Å². The number of aryl methyl sites for hydroxylation is 1. The molecule has 1 atom stereocenters. The molecule has 3 nitrogen and oxygen atoms in total. The van der Waals surface area contributed by atoms with E-state index >= 15 is 0 Å². The zero-order chi connectivity index (χ0) is 14.4. The summed E-state index contributed by atoms with van der Waals surface area (Å²) in [7, 11) is 0. The Morgan fingerprint density at radius 3 is 2.80 bits per heavy atom. The summed E-state index contributed by atoms with van der Waals surface area (Å²) in [5.74, 6) is -0.121. The van der Waals surface area contributed by atoms with E-state index < -0.39 is 0 Å². The summed E-state index contributed by atoms with van der Waals surface area (Å²) in [6, 6.07) is 5.67. The first-order valence-electron chi connectivity index (χ1n) is 7.46. The Morgan fingerprint density at radius 1 is 1.35 bits per heavy atom. The second-order valence-corrected chi connectivity index (χ2v) is 5.49. The Bertz CT molecular complexity index is 419. The Kier molecular flexibility index (Phi) is 5.95. The van der Waals surface area contributed by atoms with Crippen molar-refractivity contribution in [2.75, 3.05) is 39.4 Å². The lowest BCUT2D eigenvalue weighted by Crippen LogP contribution is -2.37. The quantitative estimate of drug-likeness (QED) is 0.810. The van der Waals surface area contributed by atoms with Crippen molar-refractivity contribution in [3.63, 3.8) is 0 Å². The number of nitrogens with one attached hydrogen (secondary N) is 1. The summed E-state index contributed by atoms with van der Waals surface area (Å²) in [5, 5.41) is 3.46. The van der Waals surface area contributed by atoms with Gasteiger partial charge in [0.25, 0.3) is 0 Å². The number of halogens is 1. The number of ether oxygens (including phenoxy) is 1. The van der Waals surface area contributed by atoms with Crippen LogP contribution in [0.3, 0.4) is 0 Å². The van der Waals surface area contributed by atoms with Gasteiger partial charge in [0.15, 0.2) is 0 Å². The summed E-state index contributed by atoms with van der Waals surface area (Å²) in [6.07, 6.45) is 1.11. The van der Waals surface area contributed by atoms with Gasteiger partial charge >= 0.3 is 0 Å². The minimum absolute atomic E-state index is 0.121. The Morgan fingerprint density at radius 2 is 2.10 bits per heavy atom. The third-order valence-electron chi connectivity index (χ3n) is 3.90. The molecule has 1 heterocycles. The molecule has 0 radical (unpaired) electrons. The van der Waals surface area contributed by atoms with Crippen LogP contribution in [0.25, 0.3) is 0 Å². The number of benzene rings is 1. The average Bonchev–Trinajstić information content (AvgIpc) is 2.47. The van der Waals surface area contributed by atoms with Crippen LogP contribution >= 0.6 is 0 Å². The summed E-state index contributed by atoms with van der Waals surface area (Å²) < 4.78 is 18.9. The highest BCUT2D eigenvalue weighted by Gasteiger charge is 2.10. The van der Waals surface area contributed by atoms with Crippen molar-refractivity contribution in [2.45, 2.75) is 26.3 Å². The van der Waals surface area contributed by atoms with Crippen LogP contribution in [-0.4, -0.2) is 44.3 Å². The summed E-state index contributed by atoms with van der Waals surface area (Å²) >= 11 is 0. The number of rotatable bonds is 6. The highest BCUT2D eigenvalue weighted by Crippen LogP contribution is 2.16. The van der Waals surface area contributed by atoms with E-state index in [1.165, 1.54) is 0 Å². The van der Waals surface area contributed by atoms with Crippen LogP contribution < -0.4 is 5.32 Å². The fourth-order valence-electron chi connectivity index (χ4n) is 2.44. The average molecular weight is 280 g/mol. The maximum Gasteiger partial charge on any atom is 0.126 e. The van der Waals surface area contributed by atoms with E-state index in [1.807, 2.05) is 12.1 Å². The SMILES string of the molecule is Cc1ccc(C(C)NCCCN2CCOCC2)cc1F. The van der Waals surface area contributed by atoms with Gasteiger partial charge in [0.2, 0.25) is 0 Å². The van der Waals surface area contributed by atoms with Gasteiger partial charge in [-0.3, -0.25) is 4.90 Å². The lowest BCUT2D eigenvalue weighted by atomic mass is 10.1. The first-order chi connectivity index (χ1) is 9.66. The molecule has 1 aliphatic heterocycles. The van der Waals surface area contributed by atoms with Gasteiger partial charge in [-0.25, -0.2) is 4.39 Å². The lowest BCUT2D eigenvalue weighted by Gasteiger charge is -2.26. The molecule has 1 unspecified atom stereocenters. The molecule has 20 heavy (non-hydrogen) atoms. The van der Waals surface area contributed by atoms with Gasteiger partial charge in [-0.1, -0.05) is 12.1 Å². The molecule has 1 N–H and O–H groups in total. The van der Waals surface area contributed by atoms with Crippen LogP contribution in [0.4, 0.5) is 4.39 Å². The Hall–Kier alpha value is -0.970. The zero-order valence-electron chi connectivity index (χ0n) is 12.5. The van der Waals surface area contributed by atoms with E-state index in [0.29, 0.717) is 5.56 Å². The van der Waals surface area contributed by atoms with Gasteiger partial charge in [-0.2, -0.15) is 0 Å². The van der Waals surface area contributed by atoms with E-state index in [-0.39, 0.29) is 11.9 Å². The number of morpholine rings is 1. The fraction of sp³-hybridized carbons (Fsp3) is 0.625. The summed E-state index contributed by atoms with van der Waals surface area (Å²) in [5.41, 5.74) is 1.72. The third-order valence-corrected chi connectivity index (χ3v) is 3.90. The minimum atomic E-state index is -0.121. The van der Waals surface area contributed by atoms with E-state index in [0.717, 1.165) is 51.4 Å². The largest absolute Gasteiger partial charge is 0.379 e. The van der Waals surface area contributed by atoms with Gasteiger partial charge in [-0.05, 0) is 50.6 Å². The molecule has 1 saturated heterocycles. The molecule has 0 aliphatic carbocycles. The molecule has 1 aliphatic rings. The third kappa shape index (κ3) is 4.54. The van der Waals surface area contributed by atoms with E-state index in [9.17, 15) is 4.39 Å². The molecule has 1 aromatic rings. The van der Waals surface area contributed by atoms with Crippen molar-refractivity contribution >= 4 is 0 Å². The molecule has 112 valence electrons. The molecular weight excluding hydrogens is 255 g/mol. The minimum Gasteiger partial charge on any atom is -0.379 e. The van der Waals surface area contributed by atoms with Crippen molar-refractivity contribution in [2.24, 2.45) is 0 Å². The molecule has 2 rings (SSSR count). The molecule has 0 aromatic heterocycles. The monoisotopic (exact) mass is 280 g/mol. The van der Waals surface area contributed by atoms with Crippen molar-refractivity contribution < 1.29 is 9.13 Å². The van der Waals surface area contributed by atoms with Crippen molar-refractivity contribution in [3.8, 4) is 0 Å². The fourth-order valence-corrected chi connectivity index (χ4v) is 2.44. The van der Waals surface area contributed by atoms with Gasteiger partial charge in [0.1, 0.15) is 5.82 Å². The lowest BCUT2D eigenvalue weighted by molar-refractivity contribution is 0.0374. The van der Waals surface area contributed by atoms with Gasteiger partial charge < -0.3 is 10.1 Å². The summed E-state index contributed by atoms with van der Waals surface area (Å²) in [6.45, 7) is 9.72. The molecule has 1 fully saturated rings. The maximum atomic E-state index is 13.5. The Labute approximate surface area is 121 Å². The second-order valence-electron chi connectivity index (χ2n) is 5.49. The van der Waals surface area contributed by atoms with Crippen LogP contribution in [-0.2, 0) is 4.74 Å². The zero-order valence-corrected chi connectivity index (χ0v) is 12.5. The smallest absolute Gasteiger partial charge is 0.126 e. The van der Waals surface area contributed by atoms with Crippen LogP contribution in [0.1, 0.15) is 30.5 Å². The molecule has 0 spiro atoms. The predicted molar refractivity (Wildman–Crippen MR) is 79.4 cm³/mol. The molecule has 0 amide bonds. The number of hydrogen-bond donors (Lipinski definition) is 1. The van der Waals surface area contributed by atoms with Crippen LogP contribution in [0, 0.1) is 12.7 Å². The molecule has 1 aromatic carbocycles. The predicted octanol–water partition coefficient (Wildman–Crippen LogP) is 2.51. The molecule has 0 saturated carbocycles. The van der Waals surface area contributed by atoms with Crippen LogP contribution in [0.5, 0.6) is 0 Å². The van der Waals surface area contributed by atoms with Crippen LogP contribution in [0.2, 0.25) is 0 Å².